The second-order valence-corrected chi connectivity index (χ2v) is 6.63. The summed E-state index contributed by atoms with van der Waals surface area (Å²) in [7, 11) is 1.63. The van der Waals surface area contributed by atoms with Crippen LogP contribution in [0.5, 0.6) is 5.75 Å². The van der Waals surface area contributed by atoms with Gasteiger partial charge >= 0.3 is 0 Å². The molecular weight excluding hydrogens is 322 g/mol. The molecule has 0 saturated heterocycles. The van der Waals surface area contributed by atoms with Gasteiger partial charge in [-0.15, -0.1) is 11.3 Å². The van der Waals surface area contributed by atoms with Crippen LogP contribution in [-0.4, -0.2) is 23.0 Å². The van der Waals surface area contributed by atoms with E-state index in [0.29, 0.717) is 11.4 Å². The largest absolute Gasteiger partial charge is 0.497 e. The Morgan fingerprint density at radius 1 is 1.25 bits per heavy atom. The van der Waals surface area contributed by atoms with E-state index in [1.54, 1.807) is 7.11 Å². The van der Waals surface area contributed by atoms with Gasteiger partial charge in [-0.1, -0.05) is 12.1 Å². The number of benzene rings is 1. The summed E-state index contributed by atoms with van der Waals surface area (Å²) in [6, 6.07) is 7.66. The van der Waals surface area contributed by atoms with E-state index >= 15 is 0 Å². The van der Waals surface area contributed by atoms with Crippen molar-refractivity contribution in [3.8, 4) is 5.75 Å². The number of carbonyl (C=O) groups excluding carboxylic acids is 1. The highest BCUT2D eigenvalue weighted by molar-refractivity contribution is 7.20. The molecule has 3 rings (SSSR count). The maximum atomic E-state index is 12.6. The summed E-state index contributed by atoms with van der Waals surface area (Å²) in [4.78, 5) is 23.0. The number of fused-ring (bicyclic) bond motifs is 1. The fraction of sp³-hybridized carbons (Fsp3) is 0.278. The third kappa shape index (κ3) is 3.10. The number of ether oxygens (including phenoxy) is 1. The summed E-state index contributed by atoms with van der Waals surface area (Å²) in [6.45, 7) is 6.22. The summed E-state index contributed by atoms with van der Waals surface area (Å²) < 4.78 is 5.20. The van der Waals surface area contributed by atoms with Crippen LogP contribution in [0.2, 0.25) is 0 Å². The molecule has 6 heteroatoms. The molecule has 0 aliphatic rings. The molecule has 1 aromatic carbocycles. The first-order chi connectivity index (χ1) is 11.5. The van der Waals surface area contributed by atoms with Crippen LogP contribution >= 0.6 is 11.3 Å². The van der Waals surface area contributed by atoms with Crippen molar-refractivity contribution in [3.05, 3.63) is 51.8 Å². The molecule has 0 bridgehead atoms. The van der Waals surface area contributed by atoms with Gasteiger partial charge in [0.1, 0.15) is 16.4 Å². The van der Waals surface area contributed by atoms with Crippen molar-refractivity contribution in [2.24, 2.45) is 0 Å². The number of hydrogen-bond donors (Lipinski definition) is 1. The first kappa shape index (κ1) is 16.4. The number of thiophene rings is 1. The quantitative estimate of drug-likeness (QED) is 0.788. The van der Waals surface area contributed by atoms with E-state index in [2.05, 4.69) is 15.3 Å². The van der Waals surface area contributed by atoms with Crippen LogP contribution < -0.4 is 10.1 Å². The molecule has 0 radical (unpaired) electrons. The van der Waals surface area contributed by atoms with Gasteiger partial charge in [-0.2, -0.15) is 0 Å². The molecule has 0 aliphatic carbocycles. The number of aromatic nitrogens is 2. The van der Waals surface area contributed by atoms with Crippen LogP contribution in [0, 0.1) is 20.8 Å². The van der Waals surface area contributed by atoms with E-state index in [1.807, 2.05) is 45.0 Å². The number of nitrogens with zero attached hydrogens (tertiary/aromatic N) is 2. The Balaban J connectivity index is 1.83. The number of amides is 1. The van der Waals surface area contributed by atoms with E-state index in [4.69, 9.17) is 4.74 Å². The minimum atomic E-state index is -0.0876. The molecule has 124 valence electrons. The van der Waals surface area contributed by atoms with Gasteiger partial charge in [0.25, 0.3) is 5.91 Å². The van der Waals surface area contributed by atoms with E-state index in [0.717, 1.165) is 38.6 Å². The fourth-order valence-corrected chi connectivity index (χ4v) is 3.93. The number of aryl methyl sites for hydroxylation is 3. The van der Waals surface area contributed by atoms with Gasteiger partial charge < -0.3 is 10.1 Å². The van der Waals surface area contributed by atoms with E-state index < -0.39 is 0 Å². The molecule has 1 N–H and O–H groups in total. The molecule has 0 aliphatic heterocycles. The highest BCUT2D eigenvalue weighted by atomic mass is 32.1. The standard InChI is InChI=1S/C18H19N3O2S/c1-10-15-11(2)20-12(3)21-18(15)24-16(10)17(22)19-9-13-6-5-7-14(8-13)23-4/h5-8H,9H2,1-4H3,(H,19,22). The zero-order valence-electron chi connectivity index (χ0n) is 14.1. The lowest BCUT2D eigenvalue weighted by Gasteiger charge is -2.06. The van der Waals surface area contributed by atoms with Crippen molar-refractivity contribution in [2.45, 2.75) is 27.3 Å². The topological polar surface area (TPSA) is 64.1 Å². The fourth-order valence-electron chi connectivity index (χ4n) is 2.74. The van der Waals surface area contributed by atoms with Crippen molar-refractivity contribution in [1.29, 1.82) is 0 Å². The highest BCUT2D eigenvalue weighted by Gasteiger charge is 2.18. The Hall–Kier alpha value is -2.47. The van der Waals surface area contributed by atoms with Gasteiger partial charge in [0.15, 0.2) is 0 Å². The molecular formula is C18H19N3O2S. The van der Waals surface area contributed by atoms with E-state index in [9.17, 15) is 4.79 Å². The van der Waals surface area contributed by atoms with Crippen LogP contribution in [0.4, 0.5) is 0 Å². The van der Waals surface area contributed by atoms with E-state index in [-0.39, 0.29) is 5.91 Å². The van der Waals surface area contributed by atoms with Gasteiger partial charge in [-0.25, -0.2) is 9.97 Å². The summed E-state index contributed by atoms with van der Waals surface area (Å²) in [5.41, 5.74) is 2.85. The van der Waals surface area contributed by atoms with Crippen LogP contribution in [0.15, 0.2) is 24.3 Å². The number of hydrogen-bond acceptors (Lipinski definition) is 5. The molecule has 2 aromatic heterocycles. The summed E-state index contributed by atoms with van der Waals surface area (Å²) in [5, 5.41) is 3.95. The summed E-state index contributed by atoms with van der Waals surface area (Å²) in [6.07, 6.45) is 0. The van der Waals surface area contributed by atoms with Crippen molar-refractivity contribution >= 4 is 27.5 Å². The Labute approximate surface area is 144 Å². The van der Waals surface area contributed by atoms with Crippen LogP contribution in [0.1, 0.15) is 32.3 Å². The van der Waals surface area contributed by atoms with Crippen LogP contribution in [-0.2, 0) is 6.54 Å². The van der Waals surface area contributed by atoms with Crippen molar-refractivity contribution in [3.63, 3.8) is 0 Å². The maximum Gasteiger partial charge on any atom is 0.261 e. The van der Waals surface area contributed by atoms with Crippen LogP contribution in [0.3, 0.4) is 0 Å². The van der Waals surface area contributed by atoms with Crippen molar-refractivity contribution < 1.29 is 9.53 Å². The average molecular weight is 341 g/mol. The molecule has 0 atom stereocenters. The maximum absolute atomic E-state index is 12.6. The summed E-state index contributed by atoms with van der Waals surface area (Å²) >= 11 is 1.42. The van der Waals surface area contributed by atoms with Gasteiger partial charge in [0.2, 0.25) is 0 Å². The first-order valence-corrected chi connectivity index (χ1v) is 8.46. The van der Waals surface area contributed by atoms with Gasteiger partial charge in [0.05, 0.1) is 12.0 Å². The summed E-state index contributed by atoms with van der Waals surface area (Å²) in [5.74, 6) is 1.42. The highest BCUT2D eigenvalue weighted by Crippen LogP contribution is 2.31. The first-order valence-electron chi connectivity index (χ1n) is 7.65. The smallest absolute Gasteiger partial charge is 0.261 e. The molecule has 3 aromatic rings. The molecule has 0 spiro atoms. The second kappa shape index (κ2) is 6.57. The molecule has 0 fully saturated rings. The van der Waals surface area contributed by atoms with Gasteiger partial charge in [0, 0.05) is 17.6 Å². The monoisotopic (exact) mass is 341 g/mol. The molecule has 2 heterocycles. The lowest BCUT2D eigenvalue weighted by Crippen LogP contribution is -2.22. The number of carbonyl (C=O) groups is 1. The normalized spacial score (nSPS) is 10.8. The molecule has 0 unspecified atom stereocenters. The number of nitrogens with one attached hydrogen (secondary N) is 1. The Morgan fingerprint density at radius 3 is 2.79 bits per heavy atom. The van der Waals surface area contributed by atoms with Crippen LogP contribution in [0.25, 0.3) is 10.2 Å². The van der Waals surface area contributed by atoms with E-state index in [1.165, 1.54) is 11.3 Å². The Bertz CT molecular complexity index is 918. The van der Waals surface area contributed by atoms with Gasteiger partial charge in [-0.3, -0.25) is 4.79 Å². The zero-order valence-corrected chi connectivity index (χ0v) is 15.0. The number of methoxy groups -OCH3 is 1. The molecule has 5 nitrogen and oxygen atoms in total. The Kier molecular flexibility index (Phi) is 4.49. The minimum absolute atomic E-state index is 0.0876. The third-order valence-electron chi connectivity index (χ3n) is 3.88. The second-order valence-electron chi connectivity index (χ2n) is 5.63. The zero-order chi connectivity index (χ0) is 17.3. The predicted octanol–water partition coefficient (Wildman–Crippen LogP) is 3.56. The number of rotatable bonds is 4. The lowest BCUT2D eigenvalue weighted by atomic mass is 10.1. The molecule has 0 saturated carbocycles. The lowest BCUT2D eigenvalue weighted by molar-refractivity contribution is 0.0954. The average Bonchev–Trinajstić information content (AvgIpc) is 2.89. The molecule has 1 amide bonds. The molecule has 24 heavy (non-hydrogen) atoms. The Morgan fingerprint density at radius 2 is 2.04 bits per heavy atom. The predicted molar refractivity (Wildman–Crippen MR) is 95.8 cm³/mol. The van der Waals surface area contributed by atoms with Gasteiger partial charge in [-0.05, 0) is 44.0 Å². The van der Waals surface area contributed by atoms with Crippen molar-refractivity contribution in [1.82, 2.24) is 15.3 Å². The SMILES string of the molecule is COc1cccc(CNC(=O)c2sc3nc(C)nc(C)c3c2C)c1. The third-order valence-corrected chi connectivity index (χ3v) is 5.06. The minimum Gasteiger partial charge on any atom is -0.497 e. The van der Waals surface area contributed by atoms with Crippen molar-refractivity contribution in [2.75, 3.05) is 7.11 Å².